The Balaban J connectivity index is 2.06. The first-order valence-corrected chi connectivity index (χ1v) is 6.54. The van der Waals surface area contributed by atoms with E-state index in [9.17, 15) is 14.7 Å². The number of hydrogen-bond donors (Lipinski definition) is 1. The summed E-state index contributed by atoms with van der Waals surface area (Å²) in [6.07, 6.45) is 4.54. The minimum atomic E-state index is -0.802. The monoisotopic (exact) mass is 239 g/mol. The van der Waals surface area contributed by atoms with Crippen LogP contribution in [0.2, 0.25) is 0 Å². The van der Waals surface area contributed by atoms with E-state index < -0.39 is 11.9 Å². The average Bonchev–Trinajstić information content (AvgIpc) is 3.05. The second kappa shape index (κ2) is 4.67. The quantitative estimate of drug-likeness (QED) is 0.813. The first-order chi connectivity index (χ1) is 8.04. The van der Waals surface area contributed by atoms with E-state index in [1.54, 1.807) is 4.90 Å². The molecule has 0 bridgehead atoms. The number of carboxylic acid groups (broad SMARTS) is 1. The van der Waals surface area contributed by atoms with Crippen LogP contribution in [0.15, 0.2) is 0 Å². The molecule has 96 valence electrons. The van der Waals surface area contributed by atoms with E-state index in [0.29, 0.717) is 18.4 Å². The van der Waals surface area contributed by atoms with Crippen molar-refractivity contribution in [1.82, 2.24) is 4.90 Å². The Morgan fingerprint density at radius 3 is 2.29 bits per heavy atom. The van der Waals surface area contributed by atoms with Gasteiger partial charge in [-0.2, -0.15) is 0 Å². The topological polar surface area (TPSA) is 57.6 Å². The number of nitrogens with zero attached hydrogens (tertiary/aromatic N) is 1. The standard InChI is InChI=1S/C13H21NO3/c1-3-8-6-10(11(7-8)13(16)17)12(15)14(2)9-4-5-9/h8-11H,3-7H2,1-2H3,(H,16,17). The molecule has 4 nitrogen and oxygen atoms in total. The fourth-order valence-corrected chi connectivity index (χ4v) is 2.93. The molecule has 3 unspecified atom stereocenters. The molecule has 0 radical (unpaired) electrons. The Morgan fingerprint density at radius 2 is 1.82 bits per heavy atom. The molecule has 0 aromatic carbocycles. The van der Waals surface area contributed by atoms with Crippen molar-refractivity contribution < 1.29 is 14.7 Å². The Kier molecular flexibility index (Phi) is 3.40. The fourth-order valence-electron chi connectivity index (χ4n) is 2.93. The lowest BCUT2D eigenvalue weighted by atomic mass is 9.95. The van der Waals surface area contributed by atoms with Gasteiger partial charge in [-0.1, -0.05) is 13.3 Å². The second-order valence-electron chi connectivity index (χ2n) is 5.48. The van der Waals surface area contributed by atoms with Crippen molar-refractivity contribution in [2.24, 2.45) is 17.8 Å². The third kappa shape index (κ3) is 2.45. The predicted octanol–water partition coefficient (Wildman–Crippen LogP) is 1.74. The lowest BCUT2D eigenvalue weighted by molar-refractivity contribution is -0.148. The van der Waals surface area contributed by atoms with Crippen molar-refractivity contribution in [2.75, 3.05) is 7.05 Å². The summed E-state index contributed by atoms with van der Waals surface area (Å²) in [6.45, 7) is 2.07. The summed E-state index contributed by atoms with van der Waals surface area (Å²) >= 11 is 0. The Hall–Kier alpha value is -1.06. The molecule has 0 heterocycles. The molecule has 17 heavy (non-hydrogen) atoms. The van der Waals surface area contributed by atoms with E-state index >= 15 is 0 Å². The normalized spacial score (nSPS) is 32.5. The predicted molar refractivity (Wildman–Crippen MR) is 63.4 cm³/mol. The zero-order valence-electron chi connectivity index (χ0n) is 10.6. The van der Waals surface area contributed by atoms with Crippen molar-refractivity contribution in [1.29, 1.82) is 0 Å². The summed E-state index contributed by atoms with van der Waals surface area (Å²) < 4.78 is 0. The third-order valence-corrected chi connectivity index (χ3v) is 4.31. The van der Waals surface area contributed by atoms with Crippen LogP contribution in [0.25, 0.3) is 0 Å². The van der Waals surface area contributed by atoms with Gasteiger partial charge in [-0.25, -0.2) is 0 Å². The lowest BCUT2D eigenvalue weighted by Gasteiger charge is -2.23. The average molecular weight is 239 g/mol. The van der Waals surface area contributed by atoms with Crippen LogP contribution in [0.4, 0.5) is 0 Å². The molecule has 2 rings (SSSR count). The van der Waals surface area contributed by atoms with Crippen LogP contribution < -0.4 is 0 Å². The number of rotatable bonds is 4. The van der Waals surface area contributed by atoms with Gasteiger partial charge in [-0.05, 0) is 31.6 Å². The zero-order chi connectivity index (χ0) is 12.6. The van der Waals surface area contributed by atoms with Crippen molar-refractivity contribution >= 4 is 11.9 Å². The van der Waals surface area contributed by atoms with Gasteiger partial charge in [0.25, 0.3) is 0 Å². The lowest BCUT2D eigenvalue weighted by Crippen LogP contribution is -2.38. The first kappa shape index (κ1) is 12.4. The molecule has 0 aliphatic heterocycles. The number of carbonyl (C=O) groups is 2. The summed E-state index contributed by atoms with van der Waals surface area (Å²) in [5.41, 5.74) is 0. The number of carboxylic acids is 1. The van der Waals surface area contributed by atoms with E-state index in [1.165, 1.54) is 0 Å². The summed E-state index contributed by atoms with van der Waals surface area (Å²) in [5, 5.41) is 9.21. The zero-order valence-corrected chi connectivity index (χ0v) is 10.6. The number of amides is 1. The number of hydrogen-bond acceptors (Lipinski definition) is 2. The van der Waals surface area contributed by atoms with Crippen molar-refractivity contribution in [3.8, 4) is 0 Å². The smallest absolute Gasteiger partial charge is 0.307 e. The van der Waals surface area contributed by atoms with Gasteiger partial charge in [0.1, 0.15) is 0 Å². The highest BCUT2D eigenvalue weighted by Gasteiger charge is 2.45. The summed E-state index contributed by atoms with van der Waals surface area (Å²) in [5.74, 6) is -1.10. The summed E-state index contributed by atoms with van der Waals surface area (Å²) in [4.78, 5) is 25.3. The SMILES string of the molecule is CCC1CC(C(=O)O)C(C(=O)N(C)C2CC2)C1. The van der Waals surface area contributed by atoms with Gasteiger partial charge < -0.3 is 10.0 Å². The molecule has 2 saturated carbocycles. The molecule has 2 aliphatic rings. The molecule has 1 N–H and O–H groups in total. The van der Waals surface area contributed by atoms with Crippen LogP contribution in [-0.2, 0) is 9.59 Å². The van der Waals surface area contributed by atoms with Crippen LogP contribution in [0.3, 0.4) is 0 Å². The molecule has 4 heteroatoms. The molecule has 1 amide bonds. The van der Waals surface area contributed by atoms with E-state index in [1.807, 2.05) is 7.05 Å². The molecular weight excluding hydrogens is 218 g/mol. The minimum absolute atomic E-state index is 0.0517. The van der Waals surface area contributed by atoms with Crippen molar-refractivity contribution in [3.05, 3.63) is 0 Å². The van der Waals surface area contributed by atoms with Crippen LogP contribution in [0, 0.1) is 17.8 Å². The summed E-state index contributed by atoms with van der Waals surface area (Å²) in [7, 11) is 1.82. The van der Waals surface area contributed by atoms with Gasteiger partial charge in [-0.15, -0.1) is 0 Å². The van der Waals surface area contributed by atoms with E-state index in [0.717, 1.165) is 25.7 Å². The second-order valence-corrected chi connectivity index (χ2v) is 5.48. The maximum absolute atomic E-state index is 12.3. The Bertz CT molecular complexity index is 325. The van der Waals surface area contributed by atoms with Gasteiger partial charge in [0.2, 0.25) is 5.91 Å². The minimum Gasteiger partial charge on any atom is -0.481 e. The van der Waals surface area contributed by atoms with Crippen LogP contribution >= 0.6 is 0 Å². The Labute approximate surface area is 102 Å². The molecule has 0 spiro atoms. The largest absolute Gasteiger partial charge is 0.481 e. The van der Waals surface area contributed by atoms with Crippen molar-refractivity contribution in [3.63, 3.8) is 0 Å². The summed E-state index contributed by atoms with van der Waals surface area (Å²) in [6, 6.07) is 0.373. The highest BCUT2D eigenvalue weighted by atomic mass is 16.4. The molecular formula is C13H21NO3. The molecule has 0 aromatic heterocycles. The number of aliphatic carboxylic acids is 1. The number of carbonyl (C=O) groups excluding carboxylic acids is 1. The van der Waals surface area contributed by atoms with Gasteiger partial charge in [0, 0.05) is 13.1 Å². The van der Waals surface area contributed by atoms with E-state index in [4.69, 9.17) is 0 Å². The molecule has 0 aromatic rings. The maximum Gasteiger partial charge on any atom is 0.307 e. The van der Waals surface area contributed by atoms with E-state index in [2.05, 4.69) is 6.92 Å². The van der Waals surface area contributed by atoms with Gasteiger partial charge >= 0.3 is 5.97 Å². The highest BCUT2D eigenvalue weighted by Crippen LogP contribution is 2.40. The maximum atomic E-state index is 12.3. The van der Waals surface area contributed by atoms with Crippen LogP contribution in [-0.4, -0.2) is 35.0 Å². The molecule has 2 fully saturated rings. The molecule has 0 saturated heterocycles. The molecule has 3 atom stereocenters. The first-order valence-electron chi connectivity index (χ1n) is 6.54. The van der Waals surface area contributed by atoms with Crippen molar-refractivity contribution in [2.45, 2.75) is 45.1 Å². The van der Waals surface area contributed by atoms with Gasteiger partial charge in [-0.3, -0.25) is 9.59 Å². The van der Waals surface area contributed by atoms with Crippen LogP contribution in [0.1, 0.15) is 39.0 Å². The van der Waals surface area contributed by atoms with E-state index in [-0.39, 0.29) is 11.8 Å². The highest BCUT2D eigenvalue weighted by molar-refractivity contribution is 5.85. The molecule has 2 aliphatic carbocycles. The fraction of sp³-hybridized carbons (Fsp3) is 0.846. The Morgan fingerprint density at radius 1 is 1.24 bits per heavy atom. The van der Waals surface area contributed by atoms with Crippen LogP contribution in [0.5, 0.6) is 0 Å². The van der Waals surface area contributed by atoms with Gasteiger partial charge in [0.15, 0.2) is 0 Å². The van der Waals surface area contributed by atoms with Gasteiger partial charge in [0.05, 0.1) is 11.8 Å². The third-order valence-electron chi connectivity index (χ3n) is 4.31.